The van der Waals surface area contributed by atoms with Crippen molar-refractivity contribution in [3.63, 3.8) is 0 Å². The molecule has 3 rings (SSSR count). The normalized spacial score (nSPS) is 20.9. The molecule has 2 aromatic rings. The van der Waals surface area contributed by atoms with Crippen molar-refractivity contribution in [2.45, 2.75) is 63.3 Å². The molecular weight excluding hydrogens is 406 g/mol. The summed E-state index contributed by atoms with van der Waals surface area (Å²) in [4.78, 5) is 17.1. The predicted octanol–water partition coefficient (Wildman–Crippen LogP) is 4.42. The fourth-order valence-corrected chi connectivity index (χ4v) is 4.78. The molecule has 0 bridgehead atoms. The maximum atomic E-state index is 13.0. The Balaban J connectivity index is 1.85. The van der Waals surface area contributed by atoms with Gasteiger partial charge < -0.3 is 4.90 Å². The molecule has 6 nitrogen and oxygen atoms in total. The quantitative estimate of drug-likeness (QED) is 0.628. The summed E-state index contributed by atoms with van der Waals surface area (Å²) in [5, 5.41) is 10.3. The molecule has 1 saturated heterocycles. The monoisotopic (exact) mass is 435 g/mol. The lowest BCUT2D eigenvalue weighted by Gasteiger charge is -2.39. The zero-order chi connectivity index (χ0) is 21.1. The van der Waals surface area contributed by atoms with Gasteiger partial charge in [-0.15, -0.1) is 10.2 Å². The first kappa shape index (κ1) is 22.1. The number of nitrogens with zero attached hydrogens (tertiary/aromatic N) is 5. The Morgan fingerprint density at radius 1 is 1.21 bits per heavy atom. The smallest absolute Gasteiger partial charge is 0.233 e. The first-order chi connectivity index (χ1) is 13.8. The highest BCUT2D eigenvalue weighted by atomic mass is 35.5. The lowest BCUT2D eigenvalue weighted by molar-refractivity contribution is -0.134. The summed E-state index contributed by atoms with van der Waals surface area (Å²) < 4.78 is 2.03. The van der Waals surface area contributed by atoms with Crippen LogP contribution >= 0.6 is 23.4 Å². The summed E-state index contributed by atoms with van der Waals surface area (Å²) in [5.74, 6) is 1.37. The number of thioether (sulfide) groups is 1. The van der Waals surface area contributed by atoms with Crippen molar-refractivity contribution >= 4 is 29.3 Å². The van der Waals surface area contributed by atoms with Crippen LogP contribution in [0.5, 0.6) is 0 Å². The topological polar surface area (TPSA) is 54.3 Å². The van der Waals surface area contributed by atoms with E-state index < -0.39 is 0 Å². The highest BCUT2D eigenvalue weighted by Crippen LogP contribution is 2.29. The third-order valence-corrected chi connectivity index (χ3v) is 6.86. The van der Waals surface area contributed by atoms with Gasteiger partial charge in [0, 0.05) is 22.8 Å². The maximum absolute atomic E-state index is 13.0. The summed E-state index contributed by atoms with van der Waals surface area (Å²) >= 11 is 7.53. The number of benzene rings is 1. The Bertz CT molecular complexity index is 828. The molecule has 0 unspecified atom stereocenters. The maximum Gasteiger partial charge on any atom is 0.233 e. The second kappa shape index (κ2) is 9.49. The van der Waals surface area contributed by atoms with Crippen molar-refractivity contribution in [3.05, 3.63) is 35.1 Å². The van der Waals surface area contributed by atoms with Crippen LogP contribution in [0.4, 0.5) is 0 Å². The van der Waals surface area contributed by atoms with E-state index in [2.05, 4.69) is 35.9 Å². The lowest BCUT2D eigenvalue weighted by atomic mass is 9.98. The molecule has 1 aliphatic rings. The zero-order valence-electron chi connectivity index (χ0n) is 17.8. The number of aromatic nitrogens is 3. The van der Waals surface area contributed by atoms with E-state index in [1.165, 1.54) is 18.2 Å². The third kappa shape index (κ3) is 4.95. The van der Waals surface area contributed by atoms with Crippen molar-refractivity contribution in [3.8, 4) is 5.69 Å². The average molecular weight is 436 g/mol. The molecule has 0 N–H and O–H groups in total. The van der Waals surface area contributed by atoms with Crippen molar-refractivity contribution in [2.75, 3.05) is 19.8 Å². The Labute approximate surface area is 182 Å². The minimum atomic E-state index is 0.0744. The minimum Gasteiger partial charge on any atom is -0.337 e. The van der Waals surface area contributed by atoms with Crippen molar-refractivity contribution in [2.24, 2.45) is 0 Å². The number of hydrogen-bond acceptors (Lipinski definition) is 5. The largest absolute Gasteiger partial charge is 0.337 e. The number of likely N-dealkylation sites (tertiary alicyclic amines) is 1. The first-order valence-electron chi connectivity index (χ1n) is 10.1. The van der Waals surface area contributed by atoms with Gasteiger partial charge in [-0.3, -0.25) is 14.3 Å². The highest BCUT2D eigenvalue weighted by molar-refractivity contribution is 7.99. The van der Waals surface area contributed by atoms with E-state index in [4.69, 9.17) is 11.6 Å². The molecule has 0 radical (unpaired) electrons. The molecule has 0 spiro atoms. The second-order valence-electron chi connectivity index (χ2n) is 8.01. The molecule has 1 aromatic carbocycles. The van der Waals surface area contributed by atoms with E-state index in [1.807, 2.05) is 47.8 Å². The number of amides is 1. The van der Waals surface area contributed by atoms with Gasteiger partial charge in [-0.1, -0.05) is 23.4 Å². The van der Waals surface area contributed by atoms with Crippen LogP contribution < -0.4 is 0 Å². The lowest BCUT2D eigenvalue weighted by Crippen LogP contribution is -2.48. The predicted molar refractivity (Wildman–Crippen MR) is 119 cm³/mol. The van der Waals surface area contributed by atoms with E-state index in [1.54, 1.807) is 0 Å². The molecule has 0 aliphatic carbocycles. The molecule has 8 heteroatoms. The van der Waals surface area contributed by atoms with Gasteiger partial charge in [0.1, 0.15) is 0 Å². The van der Waals surface area contributed by atoms with Crippen LogP contribution in [0.2, 0.25) is 5.02 Å². The summed E-state index contributed by atoms with van der Waals surface area (Å²) in [5.41, 5.74) is 0.942. The molecule has 1 fully saturated rings. The van der Waals surface area contributed by atoms with Gasteiger partial charge in [-0.05, 0) is 78.4 Å². The highest BCUT2D eigenvalue weighted by Gasteiger charge is 2.29. The van der Waals surface area contributed by atoms with Gasteiger partial charge >= 0.3 is 0 Å². The van der Waals surface area contributed by atoms with Crippen LogP contribution in [0.3, 0.4) is 0 Å². The van der Waals surface area contributed by atoms with Crippen LogP contribution in [0.15, 0.2) is 29.4 Å². The number of piperidine rings is 1. The molecule has 3 atom stereocenters. The Morgan fingerprint density at radius 3 is 2.41 bits per heavy atom. The fraction of sp³-hybridized carbons (Fsp3) is 0.571. The number of hydrogen-bond donors (Lipinski definition) is 0. The number of rotatable bonds is 6. The summed E-state index contributed by atoms with van der Waals surface area (Å²) in [6, 6.07) is 8.30. The molecular formula is C21H30ClN5OS. The zero-order valence-corrected chi connectivity index (χ0v) is 19.4. The van der Waals surface area contributed by atoms with Gasteiger partial charge in [0.05, 0.1) is 11.8 Å². The van der Waals surface area contributed by atoms with Crippen LogP contribution in [0.1, 0.15) is 51.9 Å². The number of carbonyl (C=O) groups is 1. The van der Waals surface area contributed by atoms with Crippen LogP contribution in [-0.2, 0) is 4.79 Å². The van der Waals surface area contributed by atoms with Gasteiger partial charge in [-0.2, -0.15) is 0 Å². The first-order valence-corrected chi connectivity index (χ1v) is 11.5. The number of halogens is 1. The SMILES string of the molecule is C[C@@H]1CCC[C@H](C)N1C(=O)CSc1nnc([C@H](C)N(C)C)n1-c1ccc(Cl)cc1. The third-order valence-electron chi connectivity index (χ3n) is 5.70. The van der Waals surface area contributed by atoms with E-state index in [-0.39, 0.29) is 11.9 Å². The average Bonchev–Trinajstić information content (AvgIpc) is 3.10. The van der Waals surface area contributed by atoms with Crippen molar-refractivity contribution < 1.29 is 4.79 Å². The Kier molecular flexibility index (Phi) is 7.24. The van der Waals surface area contributed by atoms with E-state index in [9.17, 15) is 4.79 Å². The minimum absolute atomic E-state index is 0.0744. The summed E-state index contributed by atoms with van der Waals surface area (Å²) in [6.07, 6.45) is 3.34. The number of carbonyl (C=O) groups excluding carboxylic acids is 1. The molecule has 1 aromatic heterocycles. The van der Waals surface area contributed by atoms with Crippen molar-refractivity contribution in [1.82, 2.24) is 24.6 Å². The van der Waals surface area contributed by atoms with Crippen LogP contribution in [0.25, 0.3) is 5.69 Å². The van der Waals surface area contributed by atoms with E-state index in [0.717, 1.165) is 29.5 Å². The van der Waals surface area contributed by atoms with Gasteiger partial charge in [-0.25, -0.2) is 0 Å². The summed E-state index contributed by atoms with van der Waals surface area (Å²) in [7, 11) is 4.03. The standard InChI is InChI=1S/C21H30ClN5OS/c1-14-7-6-8-15(2)26(14)19(28)13-29-21-24-23-20(16(3)25(4)5)27(21)18-11-9-17(22)10-12-18/h9-12,14-16H,6-8,13H2,1-5H3/t14-,15+,16-/m0/s1. The molecule has 158 valence electrons. The second-order valence-corrected chi connectivity index (χ2v) is 9.39. The Morgan fingerprint density at radius 2 is 1.83 bits per heavy atom. The Hall–Kier alpha value is -1.57. The molecule has 29 heavy (non-hydrogen) atoms. The van der Waals surface area contributed by atoms with Crippen LogP contribution in [-0.4, -0.2) is 62.4 Å². The van der Waals surface area contributed by atoms with Crippen molar-refractivity contribution in [1.29, 1.82) is 0 Å². The van der Waals surface area contributed by atoms with Gasteiger partial charge in [0.25, 0.3) is 0 Å². The van der Waals surface area contributed by atoms with E-state index in [0.29, 0.717) is 22.9 Å². The molecule has 1 amide bonds. The van der Waals surface area contributed by atoms with Gasteiger partial charge in [0.15, 0.2) is 11.0 Å². The molecule has 1 aliphatic heterocycles. The summed E-state index contributed by atoms with van der Waals surface area (Å²) in [6.45, 7) is 6.38. The van der Waals surface area contributed by atoms with Gasteiger partial charge in [0.2, 0.25) is 5.91 Å². The molecule has 2 heterocycles. The van der Waals surface area contributed by atoms with E-state index >= 15 is 0 Å². The molecule has 0 saturated carbocycles. The van der Waals surface area contributed by atoms with Crippen LogP contribution in [0, 0.1) is 0 Å². The fourth-order valence-electron chi connectivity index (χ4n) is 3.82.